The van der Waals surface area contributed by atoms with Crippen molar-refractivity contribution >= 4 is 17.3 Å². The van der Waals surface area contributed by atoms with Crippen LogP contribution in [0.25, 0.3) is 11.1 Å². The second-order valence-corrected chi connectivity index (χ2v) is 8.93. The van der Waals surface area contributed by atoms with Crippen molar-refractivity contribution in [3.63, 3.8) is 0 Å². The maximum absolute atomic E-state index is 12.5. The molecule has 2 heterocycles. The van der Waals surface area contributed by atoms with Crippen molar-refractivity contribution in [2.75, 3.05) is 57.0 Å². The molecule has 0 saturated carbocycles. The predicted octanol–water partition coefficient (Wildman–Crippen LogP) is 4.25. The molecule has 4 rings (SSSR count). The second kappa shape index (κ2) is 11.8. The topological polar surface area (TPSA) is 69.7 Å². The normalized spacial score (nSPS) is 14.5. The Morgan fingerprint density at radius 3 is 2.37 bits per heavy atom. The quantitative estimate of drug-likeness (QED) is 0.484. The average molecular weight is 474 g/mol. The highest BCUT2D eigenvalue weighted by Gasteiger charge is 2.16. The lowest BCUT2D eigenvalue weighted by Gasteiger charge is -2.34. The van der Waals surface area contributed by atoms with Crippen LogP contribution < -0.4 is 15.4 Å². The Morgan fingerprint density at radius 1 is 0.943 bits per heavy atom. The van der Waals surface area contributed by atoms with Crippen LogP contribution in [0.2, 0.25) is 0 Å². The van der Waals surface area contributed by atoms with E-state index in [1.165, 1.54) is 11.1 Å². The first-order valence-corrected chi connectivity index (χ1v) is 12.2. The molecule has 2 aromatic carbocycles. The fourth-order valence-corrected chi connectivity index (χ4v) is 4.28. The predicted molar refractivity (Wildman–Crippen MR) is 142 cm³/mol. The van der Waals surface area contributed by atoms with Crippen LogP contribution in [0.15, 0.2) is 60.9 Å². The number of piperazine rings is 1. The van der Waals surface area contributed by atoms with Crippen LogP contribution in [-0.2, 0) is 11.3 Å². The number of ether oxygens (including phenoxy) is 1. The number of rotatable bonds is 9. The van der Waals surface area contributed by atoms with E-state index in [-0.39, 0.29) is 12.5 Å². The van der Waals surface area contributed by atoms with Crippen LogP contribution >= 0.6 is 0 Å². The minimum Gasteiger partial charge on any atom is -0.484 e. The molecule has 0 unspecified atom stereocenters. The van der Waals surface area contributed by atoms with E-state index in [0.717, 1.165) is 61.8 Å². The minimum absolute atomic E-state index is 0.0430. The van der Waals surface area contributed by atoms with Gasteiger partial charge in [0, 0.05) is 63.4 Å². The van der Waals surface area contributed by atoms with Crippen molar-refractivity contribution in [1.82, 2.24) is 14.8 Å². The van der Waals surface area contributed by atoms with Gasteiger partial charge in [-0.15, -0.1) is 0 Å². The minimum atomic E-state index is -0.178. The summed E-state index contributed by atoms with van der Waals surface area (Å²) in [6.45, 7) is 10.8. The average Bonchev–Trinajstić information content (AvgIpc) is 2.90. The van der Waals surface area contributed by atoms with E-state index in [2.05, 4.69) is 45.3 Å². The first-order valence-electron chi connectivity index (χ1n) is 12.2. The Bertz CT molecular complexity index is 1120. The molecular weight excluding hydrogens is 438 g/mol. The third kappa shape index (κ3) is 6.81. The van der Waals surface area contributed by atoms with Gasteiger partial charge in [-0.3, -0.25) is 14.7 Å². The highest BCUT2D eigenvalue weighted by molar-refractivity contribution is 5.92. The third-order valence-electron chi connectivity index (χ3n) is 6.52. The number of pyridine rings is 1. The maximum Gasteiger partial charge on any atom is 0.262 e. The summed E-state index contributed by atoms with van der Waals surface area (Å²) < 4.78 is 5.70. The van der Waals surface area contributed by atoms with E-state index in [0.29, 0.717) is 5.75 Å². The van der Waals surface area contributed by atoms with Crippen LogP contribution in [0.1, 0.15) is 18.1 Å². The first kappa shape index (κ1) is 24.7. The SMILES string of the molecule is CCN1CCN(Cc2ccc(NC(=O)COc3ccc(-c4cncc(NC)c4)cc3)cc2C)CC1. The second-order valence-electron chi connectivity index (χ2n) is 8.93. The largest absolute Gasteiger partial charge is 0.484 e. The molecule has 0 bridgehead atoms. The molecule has 0 radical (unpaired) electrons. The lowest BCUT2D eigenvalue weighted by atomic mass is 10.1. The summed E-state index contributed by atoms with van der Waals surface area (Å²) in [4.78, 5) is 21.7. The van der Waals surface area contributed by atoms with Gasteiger partial charge >= 0.3 is 0 Å². The number of benzene rings is 2. The molecule has 1 fully saturated rings. The van der Waals surface area contributed by atoms with Crippen LogP contribution in [0.5, 0.6) is 5.75 Å². The van der Waals surface area contributed by atoms with E-state index in [1.54, 1.807) is 6.20 Å². The number of amides is 1. The number of carbonyl (C=O) groups excluding carboxylic acids is 1. The van der Waals surface area contributed by atoms with Gasteiger partial charge in [0.25, 0.3) is 5.91 Å². The standard InChI is InChI=1S/C28H35N5O2/c1-4-32-11-13-33(14-12-32)19-23-5-8-25(15-21(23)2)31-28(34)20-35-27-9-6-22(7-10-27)24-16-26(29-3)18-30-17-24/h5-10,15-18,29H,4,11-14,19-20H2,1-3H3,(H,31,34). The van der Waals surface area contributed by atoms with Crippen LogP contribution in [-0.4, -0.2) is 67.1 Å². The molecule has 1 amide bonds. The summed E-state index contributed by atoms with van der Waals surface area (Å²) in [6, 6.07) is 15.8. The van der Waals surface area contributed by atoms with E-state index in [1.807, 2.05) is 55.7 Å². The zero-order chi connectivity index (χ0) is 24.6. The van der Waals surface area contributed by atoms with Gasteiger partial charge < -0.3 is 20.3 Å². The highest BCUT2D eigenvalue weighted by atomic mass is 16.5. The van der Waals surface area contributed by atoms with E-state index in [9.17, 15) is 4.79 Å². The summed E-state index contributed by atoms with van der Waals surface area (Å²) >= 11 is 0. The Hall–Kier alpha value is -3.42. The maximum atomic E-state index is 12.5. The number of likely N-dealkylation sites (N-methyl/N-ethyl adjacent to an activating group) is 1. The number of nitrogens with one attached hydrogen (secondary N) is 2. The van der Waals surface area contributed by atoms with Crippen molar-refractivity contribution in [1.29, 1.82) is 0 Å². The van der Waals surface area contributed by atoms with Crippen LogP contribution in [0.3, 0.4) is 0 Å². The van der Waals surface area contributed by atoms with E-state index >= 15 is 0 Å². The molecule has 3 aromatic rings. The molecule has 35 heavy (non-hydrogen) atoms. The van der Waals surface area contributed by atoms with Crippen molar-refractivity contribution in [3.05, 3.63) is 72.1 Å². The van der Waals surface area contributed by atoms with E-state index in [4.69, 9.17) is 4.74 Å². The first-order chi connectivity index (χ1) is 17.0. The number of carbonyl (C=O) groups is 1. The molecule has 7 heteroatoms. The fourth-order valence-electron chi connectivity index (χ4n) is 4.28. The number of nitrogens with zero attached hydrogens (tertiary/aromatic N) is 3. The van der Waals surface area contributed by atoms with Gasteiger partial charge in [-0.25, -0.2) is 0 Å². The Kier molecular flexibility index (Phi) is 8.34. The van der Waals surface area contributed by atoms with Crippen LogP contribution in [0, 0.1) is 6.92 Å². The monoisotopic (exact) mass is 473 g/mol. The summed E-state index contributed by atoms with van der Waals surface area (Å²) in [6.07, 6.45) is 3.60. The number of aromatic nitrogens is 1. The Labute approximate surface area is 208 Å². The third-order valence-corrected chi connectivity index (χ3v) is 6.52. The van der Waals surface area contributed by atoms with Gasteiger partial charge in [0.15, 0.2) is 6.61 Å². The summed E-state index contributed by atoms with van der Waals surface area (Å²) in [5, 5.41) is 6.04. The lowest BCUT2D eigenvalue weighted by Crippen LogP contribution is -2.45. The van der Waals surface area contributed by atoms with Crippen LogP contribution in [0.4, 0.5) is 11.4 Å². The molecule has 1 aliphatic heterocycles. The molecule has 0 aliphatic carbocycles. The Morgan fingerprint density at radius 2 is 1.69 bits per heavy atom. The molecular formula is C28H35N5O2. The van der Waals surface area contributed by atoms with Gasteiger partial charge in [0.2, 0.25) is 0 Å². The van der Waals surface area contributed by atoms with Gasteiger partial charge in [-0.05, 0) is 60.5 Å². The molecule has 2 N–H and O–H groups in total. The summed E-state index contributed by atoms with van der Waals surface area (Å²) in [7, 11) is 1.87. The summed E-state index contributed by atoms with van der Waals surface area (Å²) in [5.74, 6) is 0.471. The summed E-state index contributed by atoms with van der Waals surface area (Å²) in [5.41, 5.74) is 6.30. The van der Waals surface area contributed by atoms with Gasteiger partial charge in [-0.2, -0.15) is 0 Å². The van der Waals surface area contributed by atoms with Crippen molar-refractivity contribution < 1.29 is 9.53 Å². The van der Waals surface area contributed by atoms with Crippen molar-refractivity contribution in [2.24, 2.45) is 0 Å². The zero-order valence-corrected chi connectivity index (χ0v) is 20.9. The van der Waals surface area contributed by atoms with E-state index < -0.39 is 0 Å². The molecule has 7 nitrogen and oxygen atoms in total. The number of hydrogen-bond donors (Lipinski definition) is 2. The van der Waals surface area contributed by atoms with Crippen molar-refractivity contribution in [3.8, 4) is 16.9 Å². The number of aryl methyl sites for hydroxylation is 1. The number of anilines is 2. The lowest BCUT2D eigenvalue weighted by molar-refractivity contribution is -0.118. The number of hydrogen-bond acceptors (Lipinski definition) is 6. The fraction of sp³-hybridized carbons (Fsp3) is 0.357. The van der Waals surface area contributed by atoms with Gasteiger partial charge in [0.1, 0.15) is 5.75 Å². The van der Waals surface area contributed by atoms with Gasteiger partial charge in [0.05, 0.1) is 5.69 Å². The molecule has 0 atom stereocenters. The highest BCUT2D eigenvalue weighted by Crippen LogP contribution is 2.24. The molecule has 1 saturated heterocycles. The molecule has 1 aliphatic rings. The Balaban J connectivity index is 1.26. The molecule has 1 aromatic heterocycles. The molecule has 184 valence electrons. The molecule has 0 spiro atoms. The van der Waals surface area contributed by atoms with Crippen molar-refractivity contribution in [2.45, 2.75) is 20.4 Å². The smallest absolute Gasteiger partial charge is 0.262 e. The van der Waals surface area contributed by atoms with Gasteiger partial charge in [-0.1, -0.05) is 25.1 Å². The zero-order valence-electron chi connectivity index (χ0n) is 20.9.